The second-order valence-electron chi connectivity index (χ2n) is 4.22. The Labute approximate surface area is 126 Å². The highest BCUT2D eigenvalue weighted by Gasteiger charge is 2.23. The van der Waals surface area contributed by atoms with Crippen LogP contribution in [0.2, 0.25) is 0 Å². The summed E-state index contributed by atoms with van der Waals surface area (Å²) in [7, 11) is 1.60. The Morgan fingerprint density at radius 1 is 1.32 bits per heavy atom. The summed E-state index contributed by atoms with van der Waals surface area (Å²) in [5.41, 5.74) is 5.87. The maximum Gasteiger partial charge on any atom is 0.353 e. The predicted molar refractivity (Wildman–Crippen MR) is 83.5 cm³/mol. The summed E-state index contributed by atoms with van der Waals surface area (Å²) in [5, 5.41) is 16.7. The molecular formula is C13H16N6O3. The van der Waals surface area contributed by atoms with E-state index in [-0.39, 0.29) is 23.3 Å². The minimum absolute atomic E-state index is 0.0195. The van der Waals surface area contributed by atoms with Gasteiger partial charge in [-0.3, -0.25) is 10.1 Å². The van der Waals surface area contributed by atoms with Gasteiger partial charge in [-0.25, -0.2) is 0 Å². The number of anilines is 4. The number of aromatic nitrogens is 2. The van der Waals surface area contributed by atoms with Crippen LogP contribution in [0.4, 0.5) is 29.0 Å². The number of nitrogens with one attached hydrogen (secondary N) is 2. The van der Waals surface area contributed by atoms with Crippen LogP contribution in [0.5, 0.6) is 5.75 Å². The molecule has 0 bridgehead atoms. The second kappa shape index (κ2) is 6.57. The highest BCUT2D eigenvalue weighted by atomic mass is 16.6. The van der Waals surface area contributed by atoms with E-state index in [1.165, 1.54) is 0 Å². The Morgan fingerprint density at radius 3 is 2.55 bits per heavy atom. The van der Waals surface area contributed by atoms with Gasteiger partial charge in [0.1, 0.15) is 5.75 Å². The highest BCUT2D eigenvalue weighted by molar-refractivity contribution is 5.74. The van der Waals surface area contributed by atoms with Crippen molar-refractivity contribution in [3.8, 4) is 5.75 Å². The lowest BCUT2D eigenvalue weighted by Crippen LogP contribution is -2.08. The Bertz CT molecular complexity index is 674. The second-order valence-corrected chi connectivity index (χ2v) is 4.22. The van der Waals surface area contributed by atoms with E-state index in [0.717, 1.165) is 0 Å². The molecule has 0 amide bonds. The zero-order valence-electron chi connectivity index (χ0n) is 12.2. The quantitative estimate of drug-likeness (QED) is 0.547. The number of nitrogens with two attached hydrogens (primary N) is 1. The SMILES string of the molecule is CCOc1ccc(Nc2nc(NC)nc(N)c2[N+](=O)[O-])cc1. The summed E-state index contributed by atoms with van der Waals surface area (Å²) in [5.74, 6) is 0.709. The summed E-state index contributed by atoms with van der Waals surface area (Å²) in [6.45, 7) is 2.45. The first kappa shape index (κ1) is 15.3. The number of nitrogen functional groups attached to an aromatic ring is 1. The lowest BCUT2D eigenvalue weighted by atomic mass is 10.3. The molecule has 4 N–H and O–H groups in total. The third-order valence-corrected chi connectivity index (χ3v) is 2.75. The Hall–Kier alpha value is -3.10. The average molecular weight is 304 g/mol. The lowest BCUT2D eigenvalue weighted by Gasteiger charge is -2.10. The fourth-order valence-electron chi connectivity index (χ4n) is 1.79. The number of hydrogen-bond acceptors (Lipinski definition) is 8. The van der Waals surface area contributed by atoms with Gasteiger partial charge >= 0.3 is 5.69 Å². The van der Waals surface area contributed by atoms with E-state index >= 15 is 0 Å². The minimum atomic E-state index is -0.619. The van der Waals surface area contributed by atoms with Crippen molar-refractivity contribution in [2.45, 2.75) is 6.92 Å². The molecule has 0 aliphatic carbocycles. The molecule has 9 heteroatoms. The minimum Gasteiger partial charge on any atom is -0.494 e. The van der Waals surface area contributed by atoms with Crippen LogP contribution in [-0.2, 0) is 0 Å². The zero-order valence-corrected chi connectivity index (χ0v) is 12.2. The summed E-state index contributed by atoms with van der Waals surface area (Å²) in [6, 6.07) is 6.96. The number of hydrogen-bond donors (Lipinski definition) is 3. The summed E-state index contributed by atoms with van der Waals surface area (Å²) in [6.07, 6.45) is 0. The normalized spacial score (nSPS) is 10.1. The Kier molecular flexibility index (Phi) is 4.57. The van der Waals surface area contributed by atoms with Crippen LogP contribution in [0, 0.1) is 10.1 Å². The molecule has 9 nitrogen and oxygen atoms in total. The number of benzene rings is 1. The van der Waals surface area contributed by atoms with Gasteiger partial charge in [0.25, 0.3) is 0 Å². The monoisotopic (exact) mass is 304 g/mol. The molecule has 2 rings (SSSR count). The van der Waals surface area contributed by atoms with Crippen molar-refractivity contribution >= 4 is 29.0 Å². The van der Waals surface area contributed by atoms with Crippen molar-refractivity contribution in [3.63, 3.8) is 0 Å². The van der Waals surface area contributed by atoms with Crippen LogP contribution in [0.25, 0.3) is 0 Å². The topological polar surface area (TPSA) is 128 Å². The van der Waals surface area contributed by atoms with Crippen molar-refractivity contribution in [1.29, 1.82) is 0 Å². The van der Waals surface area contributed by atoms with E-state index in [1.807, 2.05) is 6.92 Å². The largest absolute Gasteiger partial charge is 0.494 e. The van der Waals surface area contributed by atoms with Crippen molar-refractivity contribution < 1.29 is 9.66 Å². The number of nitrogens with zero attached hydrogens (tertiary/aromatic N) is 3. The molecule has 1 heterocycles. The number of nitro groups is 1. The molecule has 0 unspecified atom stereocenters. The molecule has 1 aromatic heterocycles. The molecule has 0 spiro atoms. The fraction of sp³-hybridized carbons (Fsp3) is 0.231. The molecule has 0 saturated heterocycles. The van der Waals surface area contributed by atoms with Gasteiger partial charge in [-0.2, -0.15) is 9.97 Å². The van der Waals surface area contributed by atoms with Crippen LogP contribution in [-0.4, -0.2) is 28.5 Å². The summed E-state index contributed by atoms with van der Waals surface area (Å²) >= 11 is 0. The average Bonchev–Trinajstić information content (AvgIpc) is 2.48. The van der Waals surface area contributed by atoms with Crippen molar-refractivity contribution in [3.05, 3.63) is 34.4 Å². The molecule has 116 valence electrons. The fourth-order valence-corrected chi connectivity index (χ4v) is 1.79. The van der Waals surface area contributed by atoms with Gasteiger partial charge in [0.15, 0.2) is 0 Å². The van der Waals surface area contributed by atoms with Gasteiger partial charge in [0, 0.05) is 12.7 Å². The molecule has 0 aliphatic rings. The Balaban J connectivity index is 2.34. The Morgan fingerprint density at radius 2 is 2.00 bits per heavy atom. The first-order valence-electron chi connectivity index (χ1n) is 6.54. The van der Waals surface area contributed by atoms with Crippen molar-refractivity contribution in [2.75, 3.05) is 30.0 Å². The first-order valence-corrected chi connectivity index (χ1v) is 6.54. The third-order valence-electron chi connectivity index (χ3n) is 2.75. The predicted octanol–water partition coefficient (Wildman–Crippen LogP) is 2.15. The van der Waals surface area contributed by atoms with E-state index in [2.05, 4.69) is 20.6 Å². The van der Waals surface area contributed by atoms with Gasteiger partial charge in [-0.05, 0) is 31.2 Å². The van der Waals surface area contributed by atoms with E-state index in [1.54, 1.807) is 31.3 Å². The lowest BCUT2D eigenvalue weighted by molar-refractivity contribution is -0.383. The molecular weight excluding hydrogens is 288 g/mol. The smallest absolute Gasteiger partial charge is 0.353 e. The van der Waals surface area contributed by atoms with Crippen LogP contribution in [0.1, 0.15) is 6.92 Å². The zero-order chi connectivity index (χ0) is 16.1. The third kappa shape index (κ3) is 3.32. The van der Waals surface area contributed by atoms with E-state index in [0.29, 0.717) is 18.0 Å². The maximum absolute atomic E-state index is 11.1. The van der Waals surface area contributed by atoms with Crippen LogP contribution < -0.4 is 21.1 Å². The first-order chi connectivity index (χ1) is 10.5. The molecule has 0 fully saturated rings. The van der Waals surface area contributed by atoms with Crippen LogP contribution in [0.15, 0.2) is 24.3 Å². The molecule has 2 aromatic rings. The van der Waals surface area contributed by atoms with Crippen molar-refractivity contribution in [1.82, 2.24) is 9.97 Å². The van der Waals surface area contributed by atoms with E-state index in [4.69, 9.17) is 10.5 Å². The molecule has 0 radical (unpaired) electrons. The number of ether oxygens (including phenoxy) is 1. The highest BCUT2D eigenvalue weighted by Crippen LogP contribution is 2.31. The van der Waals surface area contributed by atoms with Gasteiger partial charge in [0.2, 0.25) is 17.6 Å². The van der Waals surface area contributed by atoms with Gasteiger partial charge in [0.05, 0.1) is 11.5 Å². The molecule has 0 aliphatic heterocycles. The van der Waals surface area contributed by atoms with E-state index < -0.39 is 4.92 Å². The maximum atomic E-state index is 11.1. The van der Waals surface area contributed by atoms with Gasteiger partial charge in [-0.15, -0.1) is 0 Å². The van der Waals surface area contributed by atoms with Gasteiger partial charge in [-0.1, -0.05) is 0 Å². The standard InChI is InChI=1S/C13H16N6O3/c1-3-22-9-6-4-8(5-7-9)16-12-10(19(20)21)11(14)17-13(15-2)18-12/h4-7H,3H2,1-2H3,(H4,14,15,16,17,18). The molecule has 1 aromatic carbocycles. The number of rotatable bonds is 6. The molecule has 22 heavy (non-hydrogen) atoms. The molecule has 0 atom stereocenters. The summed E-state index contributed by atoms with van der Waals surface area (Å²) in [4.78, 5) is 18.4. The van der Waals surface area contributed by atoms with Crippen LogP contribution in [0.3, 0.4) is 0 Å². The summed E-state index contributed by atoms with van der Waals surface area (Å²) < 4.78 is 5.34. The van der Waals surface area contributed by atoms with Crippen LogP contribution >= 0.6 is 0 Å². The molecule has 0 saturated carbocycles. The van der Waals surface area contributed by atoms with E-state index in [9.17, 15) is 10.1 Å². The van der Waals surface area contributed by atoms with Crippen molar-refractivity contribution in [2.24, 2.45) is 0 Å². The van der Waals surface area contributed by atoms with Gasteiger partial charge < -0.3 is 21.1 Å².